The molecule has 1 fully saturated rings. The second-order valence-corrected chi connectivity index (χ2v) is 4.41. The predicted molar refractivity (Wildman–Crippen MR) is 61.7 cm³/mol. The number of aryl methyl sites for hydroxylation is 1. The topological polar surface area (TPSA) is 23.5 Å². The summed E-state index contributed by atoms with van der Waals surface area (Å²) in [6.07, 6.45) is 2.59. The van der Waals surface area contributed by atoms with E-state index in [0.717, 1.165) is 19.1 Å². The summed E-state index contributed by atoms with van der Waals surface area (Å²) in [6.45, 7) is 4.17. The molecule has 0 spiro atoms. The molecule has 82 valence electrons. The normalized spacial score (nSPS) is 15.9. The van der Waals surface area contributed by atoms with Crippen molar-refractivity contribution in [2.45, 2.75) is 32.4 Å². The number of aliphatic hydroxyl groups excluding tert-OH is 1. The van der Waals surface area contributed by atoms with Crippen molar-refractivity contribution in [1.29, 1.82) is 0 Å². The van der Waals surface area contributed by atoms with Gasteiger partial charge in [0.15, 0.2) is 0 Å². The molecule has 0 aliphatic heterocycles. The fourth-order valence-electron chi connectivity index (χ4n) is 2.00. The Bertz CT molecular complexity index is 320. The van der Waals surface area contributed by atoms with Crippen LogP contribution in [0.5, 0.6) is 0 Å². The Morgan fingerprint density at radius 1 is 1.40 bits per heavy atom. The lowest BCUT2D eigenvalue weighted by Gasteiger charge is -2.20. The lowest BCUT2D eigenvalue weighted by atomic mass is 10.1. The van der Waals surface area contributed by atoms with Gasteiger partial charge in [0.05, 0.1) is 6.61 Å². The lowest BCUT2D eigenvalue weighted by Crippen LogP contribution is -2.28. The third-order valence-corrected chi connectivity index (χ3v) is 2.92. The quantitative estimate of drug-likeness (QED) is 0.794. The highest BCUT2D eigenvalue weighted by Gasteiger charge is 2.28. The van der Waals surface area contributed by atoms with Gasteiger partial charge < -0.3 is 5.11 Å². The minimum absolute atomic E-state index is 0.266. The summed E-state index contributed by atoms with van der Waals surface area (Å²) in [7, 11) is 0. The SMILES string of the molecule is Cc1cccc(CN(CCO)C2CC2)c1. The highest BCUT2D eigenvalue weighted by Crippen LogP contribution is 2.27. The fourth-order valence-corrected chi connectivity index (χ4v) is 2.00. The van der Waals surface area contributed by atoms with E-state index in [0.29, 0.717) is 0 Å². The summed E-state index contributed by atoms with van der Waals surface area (Å²) in [5.41, 5.74) is 2.67. The summed E-state index contributed by atoms with van der Waals surface area (Å²) < 4.78 is 0. The molecule has 0 amide bonds. The number of hydrogen-bond acceptors (Lipinski definition) is 2. The minimum atomic E-state index is 0.266. The van der Waals surface area contributed by atoms with E-state index in [2.05, 4.69) is 36.1 Å². The van der Waals surface area contributed by atoms with Crippen molar-refractivity contribution >= 4 is 0 Å². The zero-order valence-corrected chi connectivity index (χ0v) is 9.32. The molecule has 1 aliphatic carbocycles. The third kappa shape index (κ3) is 3.05. The van der Waals surface area contributed by atoms with Crippen molar-refractivity contribution < 1.29 is 5.11 Å². The summed E-state index contributed by atoms with van der Waals surface area (Å²) >= 11 is 0. The first kappa shape index (κ1) is 10.7. The first-order valence-corrected chi connectivity index (χ1v) is 5.70. The lowest BCUT2D eigenvalue weighted by molar-refractivity contribution is 0.183. The van der Waals surface area contributed by atoms with Crippen molar-refractivity contribution in [3.05, 3.63) is 35.4 Å². The van der Waals surface area contributed by atoms with Crippen LogP contribution in [0.25, 0.3) is 0 Å². The van der Waals surface area contributed by atoms with Gasteiger partial charge in [-0.05, 0) is 25.3 Å². The van der Waals surface area contributed by atoms with Crippen molar-refractivity contribution in [3.8, 4) is 0 Å². The van der Waals surface area contributed by atoms with E-state index in [1.165, 1.54) is 24.0 Å². The van der Waals surface area contributed by atoms with Gasteiger partial charge in [0, 0.05) is 19.1 Å². The first-order valence-electron chi connectivity index (χ1n) is 5.70. The molecule has 0 radical (unpaired) electrons. The Morgan fingerprint density at radius 2 is 2.20 bits per heavy atom. The van der Waals surface area contributed by atoms with Crippen LogP contribution in [0.4, 0.5) is 0 Å². The Morgan fingerprint density at radius 3 is 2.80 bits per heavy atom. The Labute approximate surface area is 91.5 Å². The highest BCUT2D eigenvalue weighted by atomic mass is 16.3. The summed E-state index contributed by atoms with van der Waals surface area (Å²) in [5.74, 6) is 0. The zero-order valence-electron chi connectivity index (χ0n) is 9.32. The number of benzene rings is 1. The molecule has 2 heteroatoms. The van der Waals surface area contributed by atoms with E-state index >= 15 is 0 Å². The molecular weight excluding hydrogens is 186 g/mol. The molecule has 0 atom stereocenters. The van der Waals surface area contributed by atoms with E-state index < -0.39 is 0 Å². The standard InChI is InChI=1S/C13H19NO/c1-11-3-2-4-12(9-11)10-14(7-8-15)13-5-6-13/h2-4,9,13,15H,5-8,10H2,1H3. The number of rotatable bonds is 5. The molecule has 0 unspecified atom stereocenters. The van der Waals surface area contributed by atoms with Gasteiger partial charge in [0.1, 0.15) is 0 Å². The van der Waals surface area contributed by atoms with Gasteiger partial charge in [-0.3, -0.25) is 4.90 Å². The molecule has 2 rings (SSSR count). The van der Waals surface area contributed by atoms with E-state index in [1.807, 2.05) is 0 Å². The number of nitrogens with zero attached hydrogens (tertiary/aromatic N) is 1. The van der Waals surface area contributed by atoms with Crippen molar-refractivity contribution in [2.24, 2.45) is 0 Å². The van der Waals surface area contributed by atoms with Crippen LogP contribution in [0.15, 0.2) is 24.3 Å². The smallest absolute Gasteiger partial charge is 0.0558 e. The summed E-state index contributed by atoms with van der Waals surface area (Å²) in [4.78, 5) is 2.38. The molecule has 2 nitrogen and oxygen atoms in total. The van der Waals surface area contributed by atoms with Crippen LogP contribution >= 0.6 is 0 Å². The molecule has 1 aliphatic rings. The van der Waals surface area contributed by atoms with Crippen LogP contribution in [-0.4, -0.2) is 29.2 Å². The molecule has 0 saturated heterocycles. The average molecular weight is 205 g/mol. The monoisotopic (exact) mass is 205 g/mol. The van der Waals surface area contributed by atoms with Gasteiger partial charge in [-0.1, -0.05) is 29.8 Å². The van der Waals surface area contributed by atoms with Crippen LogP contribution in [0, 0.1) is 6.92 Å². The Hall–Kier alpha value is -0.860. The predicted octanol–water partition coefficient (Wildman–Crippen LogP) is 1.95. The van der Waals surface area contributed by atoms with Gasteiger partial charge in [-0.25, -0.2) is 0 Å². The van der Waals surface area contributed by atoms with E-state index in [-0.39, 0.29) is 6.61 Å². The highest BCUT2D eigenvalue weighted by molar-refractivity contribution is 5.22. The maximum atomic E-state index is 9.00. The number of aliphatic hydroxyl groups is 1. The second-order valence-electron chi connectivity index (χ2n) is 4.41. The summed E-state index contributed by atoms with van der Waals surface area (Å²) in [6, 6.07) is 9.34. The molecule has 1 N–H and O–H groups in total. The zero-order chi connectivity index (χ0) is 10.7. The first-order chi connectivity index (χ1) is 7.29. The van der Waals surface area contributed by atoms with Gasteiger partial charge in [-0.2, -0.15) is 0 Å². The molecule has 0 bridgehead atoms. The van der Waals surface area contributed by atoms with Crippen LogP contribution in [0.1, 0.15) is 24.0 Å². The van der Waals surface area contributed by atoms with Crippen molar-refractivity contribution in [1.82, 2.24) is 4.90 Å². The molecule has 1 aromatic carbocycles. The molecule has 1 aromatic rings. The molecular formula is C13H19NO. The minimum Gasteiger partial charge on any atom is -0.395 e. The maximum Gasteiger partial charge on any atom is 0.0558 e. The molecule has 0 heterocycles. The molecule has 1 saturated carbocycles. The van der Waals surface area contributed by atoms with Crippen molar-refractivity contribution in [2.75, 3.05) is 13.2 Å². The van der Waals surface area contributed by atoms with Crippen LogP contribution in [0.3, 0.4) is 0 Å². The summed E-state index contributed by atoms with van der Waals surface area (Å²) in [5, 5.41) is 9.00. The van der Waals surface area contributed by atoms with E-state index in [1.54, 1.807) is 0 Å². The van der Waals surface area contributed by atoms with E-state index in [9.17, 15) is 0 Å². The van der Waals surface area contributed by atoms with Crippen molar-refractivity contribution in [3.63, 3.8) is 0 Å². The third-order valence-electron chi connectivity index (χ3n) is 2.92. The fraction of sp³-hybridized carbons (Fsp3) is 0.538. The van der Waals surface area contributed by atoms with Crippen LogP contribution in [0.2, 0.25) is 0 Å². The van der Waals surface area contributed by atoms with Gasteiger partial charge in [-0.15, -0.1) is 0 Å². The maximum absolute atomic E-state index is 9.00. The Kier molecular flexibility index (Phi) is 3.39. The van der Waals surface area contributed by atoms with Crippen LogP contribution < -0.4 is 0 Å². The number of hydrogen-bond donors (Lipinski definition) is 1. The van der Waals surface area contributed by atoms with Gasteiger partial charge >= 0.3 is 0 Å². The van der Waals surface area contributed by atoms with Crippen LogP contribution in [-0.2, 0) is 6.54 Å². The average Bonchev–Trinajstić information content (AvgIpc) is 3.00. The van der Waals surface area contributed by atoms with Gasteiger partial charge in [0.25, 0.3) is 0 Å². The largest absolute Gasteiger partial charge is 0.395 e. The Balaban J connectivity index is 1.98. The molecule has 15 heavy (non-hydrogen) atoms. The van der Waals surface area contributed by atoms with E-state index in [4.69, 9.17) is 5.11 Å². The second kappa shape index (κ2) is 4.77. The van der Waals surface area contributed by atoms with Gasteiger partial charge in [0.2, 0.25) is 0 Å². The molecule has 0 aromatic heterocycles.